The Labute approximate surface area is 162 Å². The predicted octanol–water partition coefficient (Wildman–Crippen LogP) is 3.59. The molecule has 0 aliphatic heterocycles. The largest absolute Gasteiger partial charge is 0.352 e. The normalized spacial score (nSPS) is 11.4. The molecule has 0 atom stereocenters. The van der Waals surface area contributed by atoms with Gasteiger partial charge in [-0.25, -0.2) is 8.42 Å². The van der Waals surface area contributed by atoms with Crippen molar-refractivity contribution in [1.82, 2.24) is 5.32 Å². The summed E-state index contributed by atoms with van der Waals surface area (Å²) in [5, 5.41) is 2.84. The zero-order valence-electron chi connectivity index (χ0n) is 16.4. The molecule has 0 aliphatic rings. The number of carbonyl (C=O) groups is 1. The van der Waals surface area contributed by atoms with Crippen molar-refractivity contribution in [2.24, 2.45) is 0 Å². The Morgan fingerprint density at radius 3 is 2.15 bits per heavy atom. The molecule has 146 valence electrons. The Hall–Kier alpha value is -2.34. The molecule has 0 spiro atoms. The van der Waals surface area contributed by atoms with Gasteiger partial charge in [-0.15, -0.1) is 0 Å². The predicted molar refractivity (Wildman–Crippen MR) is 110 cm³/mol. The van der Waals surface area contributed by atoms with E-state index in [1.165, 1.54) is 4.31 Å². The zero-order valence-corrected chi connectivity index (χ0v) is 17.2. The molecule has 0 saturated carbocycles. The maximum atomic E-state index is 12.2. The van der Waals surface area contributed by atoms with E-state index in [9.17, 15) is 13.2 Å². The van der Waals surface area contributed by atoms with Crippen LogP contribution < -0.4 is 9.62 Å². The van der Waals surface area contributed by atoms with Crippen molar-refractivity contribution in [2.75, 3.05) is 17.1 Å². The van der Waals surface area contributed by atoms with Crippen LogP contribution in [0.15, 0.2) is 48.5 Å². The first-order chi connectivity index (χ1) is 12.7. The summed E-state index contributed by atoms with van der Waals surface area (Å²) in [7, 11) is -3.47. The molecule has 0 radical (unpaired) electrons. The molecular weight excluding hydrogens is 360 g/mol. The van der Waals surface area contributed by atoms with Gasteiger partial charge in [0, 0.05) is 19.5 Å². The molecule has 2 aromatic carbocycles. The van der Waals surface area contributed by atoms with Gasteiger partial charge in [-0.3, -0.25) is 9.10 Å². The van der Waals surface area contributed by atoms with Crippen LogP contribution in [0.25, 0.3) is 0 Å². The molecule has 0 fully saturated rings. The highest BCUT2D eigenvalue weighted by molar-refractivity contribution is 7.92. The lowest BCUT2D eigenvalue weighted by molar-refractivity contribution is -0.121. The fourth-order valence-corrected chi connectivity index (χ4v) is 3.64. The summed E-state index contributed by atoms with van der Waals surface area (Å²) in [6.07, 6.45) is 1.26. The van der Waals surface area contributed by atoms with Crippen molar-refractivity contribution in [1.29, 1.82) is 0 Å². The third-order valence-corrected chi connectivity index (χ3v) is 5.59. The number of aryl methyl sites for hydroxylation is 1. The molecule has 5 nitrogen and oxygen atoms in total. The number of anilines is 1. The second-order valence-corrected chi connectivity index (χ2v) is 9.00. The average molecular weight is 389 g/mol. The Morgan fingerprint density at radius 1 is 1.04 bits per heavy atom. The van der Waals surface area contributed by atoms with E-state index in [0.717, 1.165) is 22.9 Å². The van der Waals surface area contributed by atoms with Crippen LogP contribution in [0.4, 0.5) is 5.69 Å². The minimum Gasteiger partial charge on any atom is -0.352 e. The summed E-state index contributed by atoms with van der Waals surface area (Å²) < 4.78 is 25.6. The van der Waals surface area contributed by atoms with Gasteiger partial charge in [0.25, 0.3) is 0 Å². The van der Waals surface area contributed by atoms with Crippen LogP contribution in [0.3, 0.4) is 0 Å². The van der Waals surface area contributed by atoms with Crippen LogP contribution in [0.5, 0.6) is 0 Å². The Bertz CT molecular complexity index is 857. The van der Waals surface area contributed by atoms with Gasteiger partial charge in [0.2, 0.25) is 15.9 Å². The van der Waals surface area contributed by atoms with E-state index in [1.54, 1.807) is 12.1 Å². The second kappa shape index (κ2) is 9.04. The van der Waals surface area contributed by atoms with Crippen LogP contribution in [-0.2, 0) is 21.4 Å². The molecule has 0 heterocycles. The molecule has 0 aromatic heterocycles. The van der Waals surface area contributed by atoms with E-state index in [0.29, 0.717) is 18.2 Å². The number of hydrogen-bond donors (Lipinski definition) is 1. The number of sulfonamides is 1. The SMILES string of the molecule is Cc1ccc(CNC(=O)CCN(c2ccc(C(C)C)cc2)S(C)(=O)=O)cc1. The maximum absolute atomic E-state index is 12.2. The number of amides is 1. The third kappa shape index (κ3) is 6.40. The second-order valence-electron chi connectivity index (χ2n) is 7.09. The summed E-state index contributed by atoms with van der Waals surface area (Å²) in [6.45, 7) is 6.72. The number of carbonyl (C=O) groups excluding carboxylic acids is 1. The molecule has 0 unspecified atom stereocenters. The van der Waals surface area contributed by atoms with Crippen molar-refractivity contribution in [3.05, 3.63) is 65.2 Å². The fraction of sp³-hybridized carbons (Fsp3) is 0.381. The quantitative estimate of drug-likeness (QED) is 0.751. The molecule has 2 aromatic rings. The van der Waals surface area contributed by atoms with Crippen molar-refractivity contribution in [2.45, 2.75) is 39.7 Å². The Morgan fingerprint density at radius 2 is 1.63 bits per heavy atom. The summed E-state index contributed by atoms with van der Waals surface area (Å²) in [5.41, 5.74) is 3.90. The number of rotatable bonds is 8. The Balaban J connectivity index is 1.97. The molecule has 0 aliphatic carbocycles. The number of benzene rings is 2. The van der Waals surface area contributed by atoms with E-state index >= 15 is 0 Å². The highest BCUT2D eigenvalue weighted by Crippen LogP contribution is 2.22. The summed E-state index contributed by atoms with van der Waals surface area (Å²) in [4.78, 5) is 12.2. The molecule has 1 N–H and O–H groups in total. The lowest BCUT2D eigenvalue weighted by Gasteiger charge is -2.22. The van der Waals surface area contributed by atoms with Crippen LogP contribution in [-0.4, -0.2) is 27.1 Å². The lowest BCUT2D eigenvalue weighted by atomic mass is 10.0. The number of hydrogen-bond acceptors (Lipinski definition) is 3. The minimum absolute atomic E-state index is 0.102. The zero-order chi connectivity index (χ0) is 20.0. The van der Waals surface area contributed by atoms with Gasteiger partial charge in [0.05, 0.1) is 11.9 Å². The number of nitrogens with one attached hydrogen (secondary N) is 1. The maximum Gasteiger partial charge on any atom is 0.232 e. The van der Waals surface area contributed by atoms with Crippen molar-refractivity contribution >= 4 is 21.6 Å². The molecule has 0 bridgehead atoms. The van der Waals surface area contributed by atoms with Crippen molar-refractivity contribution < 1.29 is 13.2 Å². The van der Waals surface area contributed by atoms with Gasteiger partial charge in [-0.1, -0.05) is 55.8 Å². The van der Waals surface area contributed by atoms with E-state index in [1.807, 2.05) is 43.3 Å². The van der Waals surface area contributed by atoms with E-state index in [2.05, 4.69) is 19.2 Å². The van der Waals surface area contributed by atoms with Crippen molar-refractivity contribution in [3.8, 4) is 0 Å². The summed E-state index contributed by atoms with van der Waals surface area (Å²) in [5.74, 6) is 0.196. The van der Waals surface area contributed by atoms with E-state index < -0.39 is 10.0 Å². The average Bonchev–Trinajstić information content (AvgIpc) is 2.60. The smallest absolute Gasteiger partial charge is 0.232 e. The van der Waals surface area contributed by atoms with Crippen LogP contribution in [0.1, 0.15) is 42.9 Å². The topological polar surface area (TPSA) is 66.5 Å². The molecule has 2 rings (SSSR count). The standard InChI is InChI=1S/C21H28N2O3S/c1-16(2)19-9-11-20(12-10-19)23(27(4,25)26)14-13-21(24)22-15-18-7-5-17(3)6-8-18/h5-12,16H,13-15H2,1-4H3,(H,22,24). The van der Waals surface area contributed by atoms with Gasteiger partial charge in [-0.2, -0.15) is 0 Å². The molecule has 6 heteroatoms. The van der Waals surface area contributed by atoms with Gasteiger partial charge in [0.1, 0.15) is 0 Å². The van der Waals surface area contributed by atoms with Gasteiger partial charge < -0.3 is 5.32 Å². The van der Waals surface area contributed by atoms with Crippen LogP contribution in [0, 0.1) is 6.92 Å². The third-order valence-electron chi connectivity index (χ3n) is 4.40. The van der Waals surface area contributed by atoms with Gasteiger partial charge in [0.15, 0.2) is 0 Å². The van der Waals surface area contributed by atoms with Gasteiger partial charge >= 0.3 is 0 Å². The Kier molecular flexibility index (Phi) is 7.02. The minimum atomic E-state index is -3.47. The molecule has 0 saturated heterocycles. The van der Waals surface area contributed by atoms with Gasteiger partial charge in [-0.05, 0) is 36.1 Å². The highest BCUT2D eigenvalue weighted by Gasteiger charge is 2.18. The monoisotopic (exact) mass is 388 g/mol. The van der Waals surface area contributed by atoms with E-state index in [-0.39, 0.29) is 18.9 Å². The van der Waals surface area contributed by atoms with E-state index in [4.69, 9.17) is 0 Å². The molecule has 1 amide bonds. The first-order valence-corrected chi connectivity index (χ1v) is 10.9. The van der Waals surface area contributed by atoms with Crippen LogP contribution in [0.2, 0.25) is 0 Å². The molecule has 27 heavy (non-hydrogen) atoms. The first-order valence-electron chi connectivity index (χ1n) is 9.06. The molecular formula is C21H28N2O3S. The highest BCUT2D eigenvalue weighted by atomic mass is 32.2. The lowest BCUT2D eigenvalue weighted by Crippen LogP contribution is -2.34. The number of nitrogens with zero attached hydrogens (tertiary/aromatic N) is 1. The van der Waals surface area contributed by atoms with Crippen molar-refractivity contribution in [3.63, 3.8) is 0 Å². The summed E-state index contributed by atoms with van der Waals surface area (Å²) in [6, 6.07) is 15.4. The first kappa shape index (κ1) is 21.0. The summed E-state index contributed by atoms with van der Waals surface area (Å²) >= 11 is 0. The van der Waals surface area contributed by atoms with Crippen LogP contribution >= 0.6 is 0 Å². The fourth-order valence-electron chi connectivity index (χ4n) is 2.71.